The maximum absolute atomic E-state index is 12.1. The van der Waals surface area contributed by atoms with Crippen LogP contribution in [0.3, 0.4) is 0 Å². The van der Waals surface area contributed by atoms with Gasteiger partial charge in [0, 0.05) is 18.0 Å². The Morgan fingerprint density at radius 3 is 2.94 bits per heavy atom. The lowest BCUT2D eigenvalue weighted by Crippen LogP contribution is -2.60. The molecule has 0 bridgehead atoms. The summed E-state index contributed by atoms with van der Waals surface area (Å²) in [5.41, 5.74) is 7.89. The Balaban J connectivity index is 1.96. The van der Waals surface area contributed by atoms with Gasteiger partial charge in [-0.2, -0.15) is 0 Å². The number of fused-ring (bicyclic) bond motifs is 1. The Morgan fingerprint density at radius 2 is 2.28 bits per heavy atom. The van der Waals surface area contributed by atoms with Gasteiger partial charge in [-0.3, -0.25) is 4.79 Å². The quantitative estimate of drug-likeness (QED) is 0.838. The predicted molar refractivity (Wildman–Crippen MR) is 74.1 cm³/mol. The first-order valence-corrected chi connectivity index (χ1v) is 7.26. The smallest absolute Gasteiger partial charge is 0.237 e. The second-order valence-electron chi connectivity index (χ2n) is 4.71. The molecule has 0 saturated carbocycles. The highest BCUT2D eigenvalue weighted by atomic mass is 32.2. The Kier molecular flexibility index (Phi) is 3.28. The summed E-state index contributed by atoms with van der Waals surface area (Å²) < 4.78 is 0. The normalized spacial score (nSPS) is 19.6. The van der Waals surface area contributed by atoms with Crippen molar-refractivity contribution in [2.24, 2.45) is 5.73 Å². The molecule has 0 spiro atoms. The summed E-state index contributed by atoms with van der Waals surface area (Å²) in [5.74, 6) is 0.781. The van der Waals surface area contributed by atoms with Crippen molar-refractivity contribution in [2.75, 3.05) is 30.3 Å². The molecular weight excluding hydrogens is 246 g/mol. The third kappa shape index (κ3) is 2.02. The van der Waals surface area contributed by atoms with E-state index in [0.29, 0.717) is 18.3 Å². The van der Waals surface area contributed by atoms with Crippen LogP contribution in [-0.2, 0) is 11.2 Å². The van der Waals surface area contributed by atoms with Crippen LogP contribution in [0.15, 0.2) is 23.1 Å². The average molecular weight is 263 g/mol. The van der Waals surface area contributed by atoms with Gasteiger partial charge >= 0.3 is 0 Å². The maximum Gasteiger partial charge on any atom is 0.237 e. The van der Waals surface area contributed by atoms with Crippen LogP contribution in [0.25, 0.3) is 0 Å². The Hall–Kier alpha value is -1.04. The summed E-state index contributed by atoms with van der Waals surface area (Å²) in [4.78, 5) is 15.3. The second-order valence-corrected chi connectivity index (χ2v) is 5.72. The molecule has 2 heterocycles. The SMILES string of the molecule is NCCc1ccc2c(c1)N(C1CNC1)C(=O)CS2. The van der Waals surface area contributed by atoms with E-state index in [1.807, 2.05) is 4.90 Å². The number of amides is 1. The van der Waals surface area contributed by atoms with E-state index in [-0.39, 0.29) is 5.91 Å². The van der Waals surface area contributed by atoms with Gasteiger partial charge in [0.25, 0.3) is 0 Å². The Morgan fingerprint density at radius 1 is 1.44 bits per heavy atom. The second kappa shape index (κ2) is 4.91. The molecule has 3 rings (SSSR count). The van der Waals surface area contributed by atoms with Crippen molar-refractivity contribution >= 4 is 23.4 Å². The molecule has 0 unspecified atom stereocenters. The molecule has 3 N–H and O–H groups in total. The number of hydrogen-bond donors (Lipinski definition) is 2. The predicted octanol–water partition coefficient (Wildman–Crippen LogP) is 0.598. The summed E-state index contributed by atoms with van der Waals surface area (Å²) in [6.45, 7) is 2.44. The minimum absolute atomic E-state index is 0.226. The van der Waals surface area contributed by atoms with Crippen LogP contribution in [0, 0.1) is 0 Å². The van der Waals surface area contributed by atoms with E-state index < -0.39 is 0 Å². The van der Waals surface area contributed by atoms with Gasteiger partial charge in [0.05, 0.1) is 17.5 Å². The third-order valence-electron chi connectivity index (χ3n) is 3.46. The van der Waals surface area contributed by atoms with Crippen molar-refractivity contribution in [1.82, 2.24) is 5.32 Å². The topological polar surface area (TPSA) is 58.4 Å². The van der Waals surface area contributed by atoms with Crippen LogP contribution in [0.1, 0.15) is 5.56 Å². The van der Waals surface area contributed by atoms with E-state index in [4.69, 9.17) is 5.73 Å². The number of rotatable bonds is 3. The molecule has 1 fully saturated rings. The van der Waals surface area contributed by atoms with Crippen molar-refractivity contribution in [3.05, 3.63) is 23.8 Å². The summed E-state index contributed by atoms with van der Waals surface area (Å²) in [7, 11) is 0. The van der Waals surface area contributed by atoms with Gasteiger partial charge in [-0.1, -0.05) is 6.07 Å². The van der Waals surface area contributed by atoms with Crippen LogP contribution in [0.4, 0.5) is 5.69 Å². The van der Waals surface area contributed by atoms with Crippen molar-refractivity contribution in [3.63, 3.8) is 0 Å². The van der Waals surface area contributed by atoms with Gasteiger partial charge in [-0.25, -0.2) is 0 Å². The molecule has 5 heteroatoms. The highest BCUT2D eigenvalue weighted by Crippen LogP contribution is 2.37. The van der Waals surface area contributed by atoms with E-state index in [1.165, 1.54) is 10.5 Å². The van der Waals surface area contributed by atoms with Crippen molar-refractivity contribution in [1.29, 1.82) is 0 Å². The number of benzene rings is 1. The molecule has 2 aliphatic heterocycles. The Bertz CT molecular complexity index is 473. The van der Waals surface area contributed by atoms with Gasteiger partial charge in [0.2, 0.25) is 5.91 Å². The van der Waals surface area contributed by atoms with E-state index in [0.717, 1.165) is 25.2 Å². The number of hydrogen-bond acceptors (Lipinski definition) is 4. The summed E-state index contributed by atoms with van der Waals surface area (Å²) in [6.07, 6.45) is 0.864. The van der Waals surface area contributed by atoms with Crippen molar-refractivity contribution in [2.45, 2.75) is 17.4 Å². The van der Waals surface area contributed by atoms with Crippen LogP contribution < -0.4 is 16.0 Å². The summed E-state index contributed by atoms with van der Waals surface area (Å²) in [6, 6.07) is 6.69. The first kappa shape index (κ1) is 12.0. The standard InChI is InChI=1S/C13H17N3OS/c14-4-3-9-1-2-12-11(5-9)16(10-6-15-7-10)13(17)8-18-12/h1-2,5,10,15H,3-4,6-8,14H2. The number of thioether (sulfide) groups is 1. The van der Waals surface area contributed by atoms with Gasteiger partial charge in [0.15, 0.2) is 0 Å². The minimum atomic E-state index is 0.226. The molecule has 0 aliphatic carbocycles. The molecule has 2 aliphatic rings. The van der Waals surface area contributed by atoms with Gasteiger partial charge < -0.3 is 16.0 Å². The number of anilines is 1. The molecule has 18 heavy (non-hydrogen) atoms. The fourth-order valence-electron chi connectivity index (χ4n) is 2.40. The van der Waals surface area contributed by atoms with E-state index in [9.17, 15) is 4.79 Å². The largest absolute Gasteiger partial charge is 0.330 e. The first-order valence-electron chi connectivity index (χ1n) is 6.28. The van der Waals surface area contributed by atoms with Crippen LogP contribution in [0.2, 0.25) is 0 Å². The highest BCUT2D eigenvalue weighted by Gasteiger charge is 2.34. The monoisotopic (exact) mass is 263 g/mol. The number of nitrogens with zero attached hydrogens (tertiary/aromatic N) is 1. The van der Waals surface area contributed by atoms with Crippen LogP contribution in [0.5, 0.6) is 0 Å². The molecular formula is C13H17N3OS. The zero-order valence-electron chi connectivity index (χ0n) is 10.2. The van der Waals surface area contributed by atoms with Crippen LogP contribution >= 0.6 is 11.8 Å². The number of carbonyl (C=O) groups is 1. The Labute approximate surface area is 111 Å². The molecule has 0 atom stereocenters. The lowest BCUT2D eigenvalue weighted by atomic mass is 10.1. The molecule has 0 aromatic heterocycles. The lowest BCUT2D eigenvalue weighted by Gasteiger charge is -2.41. The van der Waals surface area contributed by atoms with E-state index in [2.05, 4.69) is 23.5 Å². The molecule has 1 saturated heterocycles. The number of carbonyl (C=O) groups excluding carboxylic acids is 1. The molecule has 1 amide bonds. The molecule has 4 nitrogen and oxygen atoms in total. The fraction of sp³-hybridized carbons (Fsp3) is 0.462. The highest BCUT2D eigenvalue weighted by molar-refractivity contribution is 8.00. The van der Waals surface area contributed by atoms with Gasteiger partial charge in [0.1, 0.15) is 0 Å². The molecule has 0 radical (unpaired) electrons. The zero-order chi connectivity index (χ0) is 12.5. The van der Waals surface area contributed by atoms with Crippen molar-refractivity contribution < 1.29 is 4.79 Å². The zero-order valence-corrected chi connectivity index (χ0v) is 11.0. The fourth-order valence-corrected chi connectivity index (χ4v) is 3.28. The van der Waals surface area contributed by atoms with E-state index in [1.54, 1.807) is 11.8 Å². The van der Waals surface area contributed by atoms with Gasteiger partial charge in [-0.15, -0.1) is 11.8 Å². The molecule has 1 aromatic carbocycles. The third-order valence-corrected chi connectivity index (χ3v) is 4.51. The first-order chi connectivity index (χ1) is 8.79. The average Bonchev–Trinajstić information content (AvgIpc) is 2.31. The van der Waals surface area contributed by atoms with E-state index >= 15 is 0 Å². The number of nitrogens with two attached hydrogens (primary N) is 1. The summed E-state index contributed by atoms with van der Waals surface area (Å²) >= 11 is 1.64. The summed E-state index contributed by atoms with van der Waals surface area (Å²) in [5, 5.41) is 3.23. The molecule has 96 valence electrons. The molecule has 1 aromatic rings. The van der Waals surface area contributed by atoms with Crippen molar-refractivity contribution in [3.8, 4) is 0 Å². The minimum Gasteiger partial charge on any atom is -0.330 e. The van der Waals surface area contributed by atoms with Crippen LogP contribution in [-0.4, -0.2) is 37.3 Å². The number of nitrogens with one attached hydrogen (secondary N) is 1. The maximum atomic E-state index is 12.1. The lowest BCUT2D eigenvalue weighted by molar-refractivity contribution is -0.117. The van der Waals surface area contributed by atoms with Gasteiger partial charge in [-0.05, 0) is 30.7 Å².